The SMILES string of the molecule is [C]#CC(C)CCC(=O)O. The van der Waals surface area contributed by atoms with Gasteiger partial charge in [0.1, 0.15) is 0 Å². The first kappa shape index (κ1) is 8.03. The molecule has 1 radical (unpaired) electrons. The molecule has 0 rings (SSSR count). The molecule has 0 amide bonds. The molecule has 9 heavy (non-hydrogen) atoms. The topological polar surface area (TPSA) is 37.3 Å². The second-order valence-corrected chi connectivity index (χ2v) is 1.98. The summed E-state index contributed by atoms with van der Waals surface area (Å²) in [4.78, 5) is 9.93. The maximum absolute atomic E-state index is 9.93. The van der Waals surface area contributed by atoms with Crippen LogP contribution >= 0.6 is 0 Å². The summed E-state index contributed by atoms with van der Waals surface area (Å²) in [6, 6.07) is 0. The molecule has 0 aliphatic heterocycles. The molecular formula is C7H9O2. The molecule has 0 fully saturated rings. The lowest BCUT2D eigenvalue weighted by Crippen LogP contribution is -1.98. The molecular weight excluding hydrogens is 116 g/mol. The van der Waals surface area contributed by atoms with Gasteiger partial charge in [-0.05, 0) is 12.8 Å². The average molecular weight is 125 g/mol. The number of carboxylic acids is 1. The van der Waals surface area contributed by atoms with Crippen molar-refractivity contribution >= 4 is 5.97 Å². The van der Waals surface area contributed by atoms with Crippen LogP contribution in [0.1, 0.15) is 19.8 Å². The Morgan fingerprint density at radius 2 is 2.44 bits per heavy atom. The minimum atomic E-state index is -0.808. The van der Waals surface area contributed by atoms with Crippen molar-refractivity contribution in [2.45, 2.75) is 19.8 Å². The largest absolute Gasteiger partial charge is 0.481 e. The van der Waals surface area contributed by atoms with E-state index in [2.05, 4.69) is 5.92 Å². The van der Waals surface area contributed by atoms with E-state index in [-0.39, 0.29) is 12.3 Å². The molecule has 0 aromatic rings. The van der Waals surface area contributed by atoms with Crippen molar-refractivity contribution in [2.75, 3.05) is 0 Å². The number of aliphatic carboxylic acids is 1. The van der Waals surface area contributed by atoms with Gasteiger partial charge >= 0.3 is 5.97 Å². The Labute approximate surface area is 54.9 Å². The van der Waals surface area contributed by atoms with Gasteiger partial charge in [0.15, 0.2) is 0 Å². The maximum Gasteiger partial charge on any atom is 0.303 e. The fourth-order valence-electron chi connectivity index (χ4n) is 0.412. The molecule has 0 aromatic heterocycles. The van der Waals surface area contributed by atoms with Crippen molar-refractivity contribution in [1.82, 2.24) is 0 Å². The zero-order valence-corrected chi connectivity index (χ0v) is 5.35. The first-order chi connectivity index (χ1) is 4.16. The Kier molecular flexibility index (Phi) is 3.54. The standard InChI is InChI=1S/C7H9O2/c1-3-6(2)4-5-7(8)9/h6H,4-5H2,2H3,(H,8,9). The molecule has 2 nitrogen and oxygen atoms in total. The van der Waals surface area contributed by atoms with Crippen LogP contribution in [0.2, 0.25) is 0 Å². The second-order valence-electron chi connectivity index (χ2n) is 1.98. The van der Waals surface area contributed by atoms with Crippen LogP contribution in [0.15, 0.2) is 0 Å². The van der Waals surface area contributed by atoms with Crippen molar-refractivity contribution in [3.05, 3.63) is 6.42 Å². The van der Waals surface area contributed by atoms with Gasteiger partial charge in [0, 0.05) is 12.3 Å². The lowest BCUT2D eigenvalue weighted by atomic mass is 10.1. The van der Waals surface area contributed by atoms with Gasteiger partial charge in [0.2, 0.25) is 0 Å². The summed E-state index contributed by atoms with van der Waals surface area (Å²) >= 11 is 0. The quantitative estimate of drug-likeness (QED) is 0.573. The lowest BCUT2D eigenvalue weighted by molar-refractivity contribution is -0.137. The zero-order chi connectivity index (χ0) is 7.28. The molecule has 0 saturated heterocycles. The number of carboxylic acid groups (broad SMARTS) is 1. The van der Waals surface area contributed by atoms with Crippen LogP contribution in [0.25, 0.3) is 0 Å². The highest BCUT2D eigenvalue weighted by Crippen LogP contribution is 2.02. The van der Waals surface area contributed by atoms with Crippen LogP contribution < -0.4 is 0 Å². The van der Waals surface area contributed by atoms with E-state index in [0.29, 0.717) is 6.42 Å². The molecule has 1 atom stereocenters. The third-order valence-electron chi connectivity index (χ3n) is 1.04. The molecule has 0 heterocycles. The third kappa shape index (κ3) is 4.89. The van der Waals surface area contributed by atoms with Gasteiger partial charge in [-0.15, -0.1) is 0 Å². The molecule has 0 aliphatic rings. The Bertz CT molecular complexity index is 132. The number of hydrogen-bond donors (Lipinski definition) is 1. The zero-order valence-electron chi connectivity index (χ0n) is 5.35. The van der Waals surface area contributed by atoms with Crippen molar-refractivity contribution in [2.24, 2.45) is 5.92 Å². The van der Waals surface area contributed by atoms with E-state index in [1.807, 2.05) is 0 Å². The Morgan fingerprint density at radius 3 is 2.78 bits per heavy atom. The van der Waals surface area contributed by atoms with E-state index >= 15 is 0 Å². The lowest BCUT2D eigenvalue weighted by Gasteiger charge is -1.97. The average Bonchev–Trinajstić information content (AvgIpc) is 1.83. The van der Waals surface area contributed by atoms with Crippen molar-refractivity contribution in [1.29, 1.82) is 0 Å². The van der Waals surface area contributed by atoms with Crippen molar-refractivity contribution in [3.63, 3.8) is 0 Å². The van der Waals surface area contributed by atoms with E-state index in [1.165, 1.54) is 0 Å². The van der Waals surface area contributed by atoms with Gasteiger partial charge in [-0.2, -0.15) is 0 Å². The van der Waals surface area contributed by atoms with Crippen LogP contribution in [0.3, 0.4) is 0 Å². The van der Waals surface area contributed by atoms with E-state index in [0.717, 1.165) is 0 Å². The van der Waals surface area contributed by atoms with E-state index in [1.54, 1.807) is 6.92 Å². The number of carbonyl (C=O) groups is 1. The fourth-order valence-corrected chi connectivity index (χ4v) is 0.412. The summed E-state index contributed by atoms with van der Waals surface area (Å²) < 4.78 is 0. The number of rotatable bonds is 3. The molecule has 0 spiro atoms. The first-order valence-electron chi connectivity index (χ1n) is 2.81. The summed E-state index contributed by atoms with van der Waals surface area (Å²) in [5, 5.41) is 8.17. The highest BCUT2D eigenvalue weighted by molar-refractivity contribution is 5.66. The summed E-state index contributed by atoms with van der Waals surface area (Å²) in [6.07, 6.45) is 7.25. The van der Waals surface area contributed by atoms with Crippen LogP contribution in [0.4, 0.5) is 0 Å². The molecule has 49 valence electrons. The molecule has 1 N–H and O–H groups in total. The molecule has 0 aromatic carbocycles. The highest BCUT2D eigenvalue weighted by atomic mass is 16.4. The second kappa shape index (κ2) is 3.96. The van der Waals surface area contributed by atoms with Gasteiger partial charge < -0.3 is 5.11 Å². The smallest absolute Gasteiger partial charge is 0.303 e. The highest BCUT2D eigenvalue weighted by Gasteiger charge is 2.00. The third-order valence-corrected chi connectivity index (χ3v) is 1.04. The molecule has 0 bridgehead atoms. The Balaban J connectivity index is 3.30. The van der Waals surface area contributed by atoms with E-state index in [4.69, 9.17) is 11.5 Å². The fraction of sp³-hybridized carbons (Fsp3) is 0.571. The predicted octanol–water partition coefficient (Wildman–Crippen LogP) is 1.08. The summed E-state index contributed by atoms with van der Waals surface area (Å²) in [5.41, 5.74) is 0. The first-order valence-corrected chi connectivity index (χ1v) is 2.81. The van der Waals surface area contributed by atoms with Crippen LogP contribution in [-0.2, 0) is 4.79 Å². The van der Waals surface area contributed by atoms with Gasteiger partial charge in [0.05, 0.1) is 0 Å². The molecule has 0 saturated carbocycles. The minimum absolute atomic E-state index is 0.0268. The Morgan fingerprint density at radius 1 is 1.89 bits per heavy atom. The van der Waals surface area contributed by atoms with Gasteiger partial charge in [-0.1, -0.05) is 12.8 Å². The van der Waals surface area contributed by atoms with Gasteiger partial charge in [-0.3, -0.25) is 4.79 Å². The monoisotopic (exact) mass is 125 g/mol. The predicted molar refractivity (Wildman–Crippen MR) is 33.2 cm³/mol. The Hall–Kier alpha value is -0.970. The number of hydrogen-bond acceptors (Lipinski definition) is 1. The van der Waals surface area contributed by atoms with Crippen LogP contribution in [0, 0.1) is 18.3 Å². The summed E-state index contributed by atoms with van der Waals surface area (Å²) in [5.74, 6) is 1.37. The molecule has 0 aliphatic carbocycles. The molecule has 1 unspecified atom stereocenters. The summed E-state index contributed by atoms with van der Waals surface area (Å²) in [7, 11) is 0. The van der Waals surface area contributed by atoms with Crippen molar-refractivity contribution < 1.29 is 9.90 Å². The maximum atomic E-state index is 9.93. The van der Waals surface area contributed by atoms with Crippen LogP contribution in [0.5, 0.6) is 0 Å². The van der Waals surface area contributed by atoms with E-state index in [9.17, 15) is 4.79 Å². The normalized spacial score (nSPS) is 12.0. The minimum Gasteiger partial charge on any atom is -0.481 e. The van der Waals surface area contributed by atoms with Gasteiger partial charge in [-0.25, -0.2) is 0 Å². The van der Waals surface area contributed by atoms with Crippen LogP contribution in [-0.4, -0.2) is 11.1 Å². The van der Waals surface area contributed by atoms with Crippen molar-refractivity contribution in [3.8, 4) is 5.92 Å². The van der Waals surface area contributed by atoms with Gasteiger partial charge in [0.25, 0.3) is 0 Å². The molecule has 2 heteroatoms. The summed E-state index contributed by atoms with van der Waals surface area (Å²) in [6.45, 7) is 1.77. The van der Waals surface area contributed by atoms with E-state index < -0.39 is 5.97 Å².